The van der Waals surface area contributed by atoms with Crippen LogP contribution in [0.25, 0.3) is 0 Å². The van der Waals surface area contributed by atoms with Crippen LogP contribution in [-0.2, 0) is 4.74 Å². The molecule has 0 radical (unpaired) electrons. The number of rotatable bonds is 3. The van der Waals surface area contributed by atoms with Crippen LogP contribution >= 0.6 is 0 Å². The third-order valence-corrected chi connectivity index (χ3v) is 6.93. The lowest BCUT2D eigenvalue weighted by Crippen LogP contribution is -2.46. The molecule has 96 valence electrons. The van der Waals surface area contributed by atoms with E-state index in [0.717, 1.165) is 42.1 Å². The van der Waals surface area contributed by atoms with Crippen LogP contribution < -0.4 is 0 Å². The Hall–Kier alpha value is -0.0400. The molecule has 4 bridgehead atoms. The fourth-order valence-electron chi connectivity index (χ4n) is 6.66. The molecule has 4 aliphatic rings. The van der Waals surface area contributed by atoms with Gasteiger partial charge in [-0.2, -0.15) is 0 Å². The van der Waals surface area contributed by atoms with Gasteiger partial charge in [-0.1, -0.05) is 6.92 Å². The van der Waals surface area contributed by atoms with Crippen LogP contribution in [0, 0.1) is 35.5 Å². The van der Waals surface area contributed by atoms with Gasteiger partial charge >= 0.3 is 0 Å². The molecular formula is C16H26O. The first-order valence-electron chi connectivity index (χ1n) is 7.93. The Morgan fingerprint density at radius 3 is 2.47 bits per heavy atom. The Balaban J connectivity index is 1.66. The Bertz CT molecular complexity index is 325. The van der Waals surface area contributed by atoms with Crippen LogP contribution in [0.1, 0.15) is 52.4 Å². The first-order valence-corrected chi connectivity index (χ1v) is 7.93. The van der Waals surface area contributed by atoms with E-state index >= 15 is 0 Å². The third-order valence-electron chi connectivity index (χ3n) is 6.93. The number of hydrogen-bond donors (Lipinski definition) is 0. The van der Waals surface area contributed by atoms with E-state index < -0.39 is 0 Å². The van der Waals surface area contributed by atoms with E-state index in [1.807, 2.05) is 0 Å². The molecule has 0 aliphatic heterocycles. The number of hydrogen-bond acceptors (Lipinski definition) is 1. The molecule has 0 spiro atoms. The summed E-state index contributed by atoms with van der Waals surface area (Å²) in [6.07, 6.45) is 8.84. The highest BCUT2D eigenvalue weighted by Gasteiger charge is 2.66. The molecule has 4 fully saturated rings. The molecular weight excluding hydrogens is 208 g/mol. The lowest BCUT2D eigenvalue weighted by molar-refractivity contribution is -0.114. The molecule has 0 aromatic heterocycles. The van der Waals surface area contributed by atoms with E-state index in [2.05, 4.69) is 13.8 Å². The number of fused-ring (bicyclic) bond motifs is 9. The lowest BCUT2D eigenvalue weighted by atomic mass is 9.65. The van der Waals surface area contributed by atoms with Crippen LogP contribution in [0.15, 0.2) is 0 Å². The molecule has 7 atom stereocenters. The van der Waals surface area contributed by atoms with Gasteiger partial charge in [0.2, 0.25) is 0 Å². The van der Waals surface area contributed by atoms with E-state index in [1.54, 1.807) is 19.3 Å². The summed E-state index contributed by atoms with van der Waals surface area (Å²) in [6, 6.07) is 0. The van der Waals surface area contributed by atoms with Gasteiger partial charge < -0.3 is 4.74 Å². The maximum atomic E-state index is 6.29. The van der Waals surface area contributed by atoms with Crippen molar-refractivity contribution in [3.63, 3.8) is 0 Å². The summed E-state index contributed by atoms with van der Waals surface area (Å²) in [5, 5.41) is 0. The van der Waals surface area contributed by atoms with Gasteiger partial charge in [0, 0.05) is 6.61 Å². The Kier molecular flexibility index (Phi) is 2.23. The molecule has 1 nitrogen and oxygen atoms in total. The molecule has 0 saturated heterocycles. The van der Waals surface area contributed by atoms with Crippen molar-refractivity contribution >= 4 is 0 Å². The largest absolute Gasteiger partial charge is 0.375 e. The zero-order chi connectivity index (χ0) is 11.6. The van der Waals surface area contributed by atoms with Gasteiger partial charge in [-0.3, -0.25) is 0 Å². The summed E-state index contributed by atoms with van der Waals surface area (Å²) < 4.78 is 6.29. The first-order chi connectivity index (χ1) is 8.29. The first kappa shape index (κ1) is 10.8. The minimum Gasteiger partial charge on any atom is -0.375 e. The summed E-state index contributed by atoms with van der Waals surface area (Å²) in [6.45, 7) is 5.46. The standard InChI is InChI=1S/C16H26O/c1-3-16(17-4-2)9-12-8-13(16)15-11-6-5-10(7-11)14(12)15/h10-15H,3-9H2,1-2H3. The molecule has 4 rings (SSSR count). The molecule has 0 heterocycles. The van der Waals surface area contributed by atoms with Crippen molar-refractivity contribution in [3.8, 4) is 0 Å². The van der Waals surface area contributed by atoms with Gasteiger partial charge in [0.1, 0.15) is 0 Å². The highest BCUT2D eigenvalue weighted by molar-refractivity contribution is 5.15. The van der Waals surface area contributed by atoms with E-state index in [0.29, 0.717) is 5.60 Å². The van der Waals surface area contributed by atoms with Gasteiger partial charge in [0.15, 0.2) is 0 Å². The highest BCUT2D eigenvalue weighted by Crippen LogP contribution is 2.70. The summed E-state index contributed by atoms with van der Waals surface area (Å²) in [5.41, 5.74) is 0.297. The fraction of sp³-hybridized carbons (Fsp3) is 1.00. The Morgan fingerprint density at radius 2 is 1.76 bits per heavy atom. The van der Waals surface area contributed by atoms with E-state index in [9.17, 15) is 0 Å². The van der Waals surface area contributed by atoms with Crippen molar-refractivity contribution in [3.05, 3.63) is 0 Å². The van der Waals surface area contributed by atoms with Crippen molar-refractivity contribution in [1.82, 2.24) is 0 Å². The zero-order valence-electron chi connectivity index (χ0n) is 11.3. The topological polar surface area (TPSA) is 9.23 Å². The van der Waals surface area contributed by atoms with Gasteiger partial charge in [0.25, 0.3) is 0 Å². The summed E-state index contributed by atoms with van der Waals surface area (Å²) in [5.74, 6) is 6.37. The molecule has 0 N–H and O–H groups in total. The summed E-state index contributed by atoms with van der Waals surface area (Å²) in [4.78, 5) is 0. The van der Waals surface area contributed by atoms with Crippen LogP contribution in [0.3, 0.4) is 0 Å². The van der Waals surface area contributed by atoms with Crippen LogP contribution in [0.5, 0.6) is 0 Å². The quantitative estimate of drug-likeness (QED) is 0.673. The van der Waals surface area contributed by atoms with Crippen molar-refractivity contribution < 1.29 is 4.74 Å². The van der Waals surface area contributed by atoms with Crippen molar-refractivity contribution in [1.29, 1.82) is 0 Å². The second-order valence-electron chi connectivity index (χ2n) is 7.15. The van der Waals surface area contributed by atoms with Crippen LogP contribution in [0.2, 0.25) is 0 Å². The molecule has 4 saturated carbocycles. The molecule has 4 aliphatic carbocycles. The predicted octanol–water partition coefficient (Wildman–Crippen LogP) is 3.87. The zero-order valence-corrected chi connectivity index (χ0v) is 11.3. The summed E-state index contributed by atoms with van der Waals surface area (Å²) in [7, 11) is 0. The average Bonchev–Trinajstić information content (AvgIpc) is 3.06. The van der Waals surface area contributed by atoms with Crippen molar-refractivity contribution in [2.75, 3.05) is 6.61 Å². The SMILES string of the molecule is CCOC1(CC)CC2CC1C1C3CCC(C3)C21. The molecule has 0 aromatic carbocycles. The average molecular weight is 234 g/mol. The molecule has 7 unspecified atom stereocenters. The van der Waals surface area contributed by atoms with Gasteiger partial charge in [0.05, 0.1) is 5.60 Å². The van der Waals surface area contributed by atoms with Crippen LogP contribution in [0.4, 0.5) is 0 Å². The van der Waals surface area contributed by atoms with E-state index in [-0.39, 0.29) is 0 Å². The summed E-state index contributed by atoms with van der Waals surface area (Å²) >= 11 is 0. The maximum absolute atomic E-state index is 6.29. The van der Waals surface area contributed by atoms with Crippen LogP contribution in [-0.4, -0.2) is 12.2 Å². The fourth-order valence-corrected chi connectivity index (χ4v) is 6.66. The molecule has 0 amide bonds. The van der Waals surface area contributed by atoms with E-state index in [1.165, 1.54) is 19.3 Å². The third kappa shape index (κ3) is 1.20. The van der Waals surface area contributed by atoms with E-state index in [4.69, 9.17) is 4.74 Å². The van der Waals surface area contributed by atoms with Gasteiger partial charge in [-0.15, -0.1) is 0 Å². The van der Waals surface area contributed by atoms with Gasteiger partial charge in [-0.25, -0.2) is 0 Å². The molecule has 1 heteroatoms. The van der Waals surface area contributed by atoms with Gasteiger partial charge in [-0.05, 0) is 81.0 Å². The predicted molar refractivity (Wildman–Crippen MR) is 68.7 cm³/mol. The second kappa shape index (κ2) is 3.50. The van der Waals surface area contributed by atoms with Crippen molar-refractivity contribution in [2.45, 2.75) is 58.0 Å². The minimum atomic E-state index is 0.297. The minimum absolute atomic E-state index is 0.297. The normalized spacial score (nSPS) is 58.9. The molecule has 0 aromatic rings. The maximum Gasteiger partial charge on any atom is 0.0713 e. The monoisotopic (exact) mass is 234 g/mol. The smallest absolute Gasteiger partial charge is 0.0713 e. The lowest BCUT2D eigenvalue weighted by Gasteiger charge is -2.46. The molecule has 17 heavy (non-hydrogen) atoms. The second-order valence-corrected chi connectivity index (χ2v) is 7.15. The number of ether oxygens (including phenoxy) is 1. The highest BCUT2D eigenvalue weighted by atomic mass is 16.5. The van der Waals surface area contributed by atoms with Crippen molar-refractivity contribution in [2.24, 2.45) is 35.5 Å². The Morgan fingerprint density at radius 1 is 1.00 bits per heavy atom. The Labute approximate surface area is 105 Å².